The van der Waals surface area contributed by atoms with Crippen LogP contribution in [0.5, 0.6) is 11.5 Å². The third-order valence-corrected chi connectivity index (χ3v) is 5.66. The summed E-state index contributed by atoms with van der Waals surface area (Å²) in [5, 5.41) is 2.61. The highest BCUT2D eigenvalue weighted by atomic mass is 16.5. The van der Waals surface area contributed by atoms with Gasteiger partial charge >= 0.3 is 0 Å². The van der Waals surface area contributed by atoms with Crippen LogP contribution in [-0.2, 0) is 0 Å². The van der Waals surface area contributed by atoms with Crippen molar-refractivity contribution in [3.8, 4) is 11.5 Å². The number of amides is 1. The zero-order valence-corrected chi connectivity index (χ0v) is 20.0. The first-order valence-corrected chi connectivity index (χ1v) is 10.9. The molecule has 1 heterocycles. The molecule has 1 N–H and O–H groups in total. The molecule has 4 aromatic rings. The lowest BCUT2D eigenvalue weighted by Gasteiger charge is -2.28. The van der Waals surface area contributed by atoms with Crippen LogP contribution in [0.2, 0.25) is 0 Å². The number of ether oxygens (including phenoxy) is 2. The molecular formula is C27H28N4O3. The van der Waals surface area contributed by atoms with Gasteiger partial charge in [-0.3, -0.25) is 20.2 Å². The van der Waals surface area contributed by atoms with E-state index in [0.717, 1.165) is 33.5 Å². The second-order valence-corrected chi connectivity index (χ2v) is 8.06. The van der Waals surface area contributed by atoms with Gasteiger partial charge in [0.2, 0.25) is 0 Å². The molecule has 0 aliphatic rings. The number of nitrogens with one attached hydrogen (secondary N) is 1. The van der Waals surface area contributed by atoms with E-state index in [4.69, 9.17) is 9.47 Å². The van der Waals surface area contributed by atoms with Gasteiger partial charge in [-0.2, -0.15) is 0 Å². The number of benzene rings is 3. The van der Waals surface area contributed by atoms with Gasteiger partial charge in [-0.25, -0.2) is 0 Å². The Morgan fingerprint density at radius 1 is 0.882 bits per heavy atom. The summed E-state index contributed by atoms with van der Waals surface area (Å²) in [7, 11) is 7.08. The summed E-state index contributed by atoms with van der Waals surface area (Å²) in [5.41, 5.74) is 7.95. The lowest BCUT2D eigenvalue weighted by molar-refractivity contribution is 0.0954. The van der Waals surface area contributed by atoms with Gasteiger partial charge in [0.05, 0.1) is 31.1 Å². The summed E-state index contributed by atoms with van der Waals surface area (Å²) in [6.07, 6.45) is 1.72. The number of para-hydroxylation sites is 1. The van der Waals surface area contributed by atoms with Crippen molar-refractivity contribution >= 4 is 33.9 Å². The molecule has 0 aliphatic heterocycles. The van der Waals surface area contributed by atoms with Crippen molar-refractivity contribution in [1.29, 1.82) is 0 Å². The molecule has 4 rings (SSSR count). The van der Waals surface area contributed by atoms with Gasteiger partial charge in [0.15, 0.2) is 11.5 Å². The van der Waals surface area contributed by atoms with Crippen LogP contribution >= 0.6 is 0 Å². The minimum atomic E-state index is -0.225. The van der Waals surface area contributed by atoms with Crippen molar-refractivity contribution in [3.63, 3.8) is 0 Å². The van der Waals surface area contributed by atoms with Crippen LogP contribution in [0.3, 0.4) is 0 Å². The molecular weight excluding hydrogens is 428 g/mol. The number of nitrogens with zero attached hydrogens (tertiary/aromatic N) is 3. The summed E-state index contributed by atoms with van der Waals surface area (Å²) >= 11 is 0. The second-order valence-electron chi connectivity index (χ2n) is 8.06. The van der Waals surface area contributed by atoms with Gasteiger partial charge in [-0.05, 0) is 48.9 Å². The molecule has 0 spiro atoms. The Balaban J connectivity index is 1.85. The normalized spacial score (nSPS) is 10.6. The fraction of sp³-hybridized carbons (Fsp3) is 0.185. The summed E-state index contributed by atoms with van der Waals surface area (Å²) in [6.45, 7) is 2.01. The molecule has 0 aliphatic carbocycles. The predicted octanol–water partition coefficient (Wildman–Crippen LogP) is 5.11. The van der Waals surface area contributed by atoms with Gasteiger partial charge in [0, 0.05) is 43.0 Å². The molecule has 0 fully saturated rings. The highest BCUT2D eigenvalue weighted by Gasteiger charge is 2.20. The van der Waals surface area contributed by atoms with E-state index in [9.17, 15) is 4.79 Å². The Labute approximate surface area is 199 Å². The van der Waals surface area contributed by atoms with Crippen molar-refractivity contribution in [1.82, 2.24) is 10.4 Å². The zero-order chi connectivity index (χ0) is 24.2. The monoisotopic (exact) mass is 456 g/mol. The third-order valence-electron chi connectivity index (χ3n) is 5.66. The molecule has 1 amide bonds. The molecule has 0 bridgehead atoms. The highest BCUT2D eigenvalue weighted by molar-refractivity contribution is 6.00. The molecule has 0 saturated carbocycles. The van der Waals surface area contributed by atoms with Crippen LogP contribution in [-0.4, -0.2) is 39.2 Å². The number of methoxy groups -OCH3 is 2. The number of pyridine rings is 1. The highest BCUT2D eigenvalue weighted by Crippen LogP contribution is 2.38. The molecule has 7 heteroatoms. The summed E-state index contributed by atoms with van der Waals surface area (Å²) in [5.74, 6) is 0.947. The Bertz CT molecular complexity index is 1340. The van der Waals surface area contributed by atoms with E-state index in [-0.39, 0.29) is 5.91 Å². The third kappa shape index (κ3) is 4.45. The van der Waals surface area contributed by atoms with Gasteiger partial charge in [-0.15, -0.1) is 0 Å². The molecule has 1 aromatic heterocycles. The number of carbonyl (C=O) groups is 1. The zero-order valence-electron chi connectivity index (χ0n) is 20.0. The van der Waals surface area contributed by atoms with Crippen LogP contribution < -0.4 is 24.8 Å². The smallest absolute Gasteiger partial charge is 0.270 e. The van der Waals surface area contributed by atoms with E-state index in [1.54, 1.807) is 31.5 Å². The fourth-order valence-corrected chi connectivity index (χ4v) is 3.81. The van der Waals surface area contributed by atoms with Crippen molar-refractivity contribution in [2.75, 3.05) is 38.2 Å². The molecule has 0 atom stereocenters. The molecule has 0 radical (unpaired) electrons. The predicted molar refractivity (Wildman–Crippen MR) is 136 cm³/mol. The second kappa shape index (κ2) is 9.70. The van der Waals surface area contributed by atoms with Gasteiger partial charge in [-0.1, -0.05) is 24.3 Å². The quantitative estimate of drug-likeness (QED) is 0.390. The van der Waals surface area contributed by atoms with Crippen LogP contribution in [0.1, 0.15) is 15.9 Å². The van der Waals surface area contributed by atoms with E-state index < -0.39 is 0 Å². The van der Waals surface area contributed by atoms with Crippen molar-refractivity contribution in [2.45, 2.75) is 6.92 Å². The largest absolute Gasteiger partial charge is 0.493 e. The standard InChI is InChI=1S/C27H28N4O3/c1-18-9-6-7-12-23(18)31(29-27(32)19-10-8-11-20(15-19)30(2)3)24-13-14-28-22-17-26(34-5)25(33-4)16-21(22)24/h6-17H,1-5H3,(H,29,32). The minimum Gasteiger partial charge on any atom is -0.493 e. The maximum atomic E-state index is 13.4. The number of fused-ring (bicyclic) bond motifs is 1. The lowest BCUT2D eigenvalue weighted by atomic mass is 10.1. The first kappa shape index (κ1) is 22.9. The van der Waals surface area contributed by atoms with Crippen LogP contribution in [0.4, 0.5) is 17.1 Å². The number of hydrogen-bond donors (Lipinski definition) is 1. The number of anilines is 3. The molecule has 3 aromatic carbocycles. The topological polar surface area (TPSA) is 66.9 Å². The Hall–Kier alpha value is -4.26. The Kier molecular flexibility index (Phi) is 6.54. The minimum absolute atomic E-state index is 0.225. The lowest BCUT2D eigenvalue weighted by Crippen LogP contribution is -2.39. The van der Waals surface area contributed by atoms with E-state index >= 15 is 0 Å². The maximum Gasteiger partial charge on any atom is 0.270 e. The molecule has 174 valence electrons. The van der Waals surface area contributed by atoms with Crippen molar-refractivity contribution in [3.05, 3.63) is 84.1 Å². The first-order chi connectivity index (χ1) is 16.4. The average molecular weight is 457 g/mol. The molecule has 0 saturated heterocycles. The fourth-order valence-electron chi connectivity index (χ4n) is 3.81. The molecule has 34 heavy (non-hydrogen) atoms. The van der Waals surface area contributed by atoms with Gasteiger partial charge < -0.3 is 14.4 Å². The number of aryl methyl sites for hydroxylation is 1. The summed E-state index contributed by atoms with van der Waals surface area (Å²) in [6, 6.07) is 21.0. The summed E-state index contributed by atoms with van der Waals surface area (Å²) < 4.78 is 11.0. The summed E-state index contributed by atoms with van der Waals surface area (Å²) in [4.78, 5) is 19.9. The van der Waals surface area contributed by atoms with E-state index in [0.29, 0.717) is 17.1 Å². The van der Waals surface area contributed by atoms with Crippen LogP contribution in [0, 0.1) is 6.92 Å². The first-order valence-electron chi connectivity index (χ1n) is 10.9. The number of carbonyl (C=O) groups excluding carboxylic acids is 1. The molecule has 0 unspecified atom stereocenters. The number of rotatable bonds is 7. The van der Waals surface area contributed by atoms with Crippen molar-refractivity contribution < 1.29 is 14.3 Å². The van der Waals surface area contributed by atoms with E-state index in [2.05, 4.69) is 10.4 Å². The Morgan fingerprint density at radius 2 is 1.62 bits per heavy atom. The average Bonchev–Trinajstić information content (AvgIpc) is 2.86. The van der Waals surface area contributed by atoms with Crippen molar-refractivity contribution in [2.24, 2.45) is 0 Å². The number of hydrazine groups is 1. The van der Waals surface area contributed by atoms with Gasteiger partial charge in [0.25, 0.3) is 5.91 Å². The van der Waals surface area contributed by atoms with Crippen LogP contribution in [0.15, 0.2) is 72.9 Å². The van der Waals surface area contributed by atoms with Crippen LogP contribution in [0.25, 0.3) is 10.9 Å². The van der Waals surface area contributed by atoms with E-state index in [1.165, 1.54) is 0 Å². The maximum absolute atomic E-state index is 13.4. The number of aromatic nitrogens is 1. The Morgan fingerprint density at radius 3 is 2.32 bits per heavy atom. The molecule has 7 nitrogen and oxygen atoms in total. The number of hydrogen-bond acceptors (Lipinski definition) is 6. The van der Waals surface area contributed by atoms with Gasteiger partial charge in [0.1, 0.15) is 0 Å². The SMILES string of the molecule is COc1cc2nccc(N(NC(=O)c3cccc(N(C)C)c3)c3ccccc3C)c2cc1OC. The van der Waals surface area contributed by atoms with E-state index in [1.807, 2.05) is 86.6 Å².